The first-order valence-electron chi connectivity index (χ1n) is 10.1. The van der Waals surface area contributed by atoms with Crippen molar-refractivity contribution in [2.24, 2.45) is 7.05 Å². The molecule has 0 radical (unpaired) electrons. The number of rotatable bonds is 4. The SMILES string of the molecule is Cn1cnnc1C1CCN(C(=O)NCC2(c3ccccc3)CCCC2)CC1. The highest BCUT2D eigenvalue weighted by Gasteiger charge is 2.36. The van der Waals surface area contributed by atoms with Gasteiger partial charge in [0.05, 0.1) is 0 Å². The smallest absolute Gasteiger partial charge is 0.317 e. The maximum atomic E-state index is 12.8. The van der Waals surface area contributed by atoms with Gasteiger partial charge >= 0.3 is 6.03 Å². The number of benzene rings is 1. The van der Waals surface area contributed by atoms with E-state index in [0.29, 0.717) is 5.92 Å². The second-order valence-corrected chi connectivity index (χ2v) is 8.07. The molecule has 6 nitrogen and oxygen atoms in total. The minimum atomic E-state index is 0.0774. The van der Waals surface area contributed by atoms with Gasteiger partial charge in [0.25, 0.3) is 0 Å². The van der Waals surface area contributed by atoms with Crippen LogP contribution in [-0.2, 0) is 12.5 Å². The van der Waals surface area contributed by atoms with Crippen molar-refractivity contribution < 1.29 is 4.79 Å². The molecule has 0 unspecified atom stereocenters. The third-order valence-electron chi connectivity index (χ3n) is 6.42. The molecule has 1 aromatic heterocycles. The van der Waals surface area contributed by atoms with Crippen molar-refractivity contribution in [1.82, 2.24) is 25.0 Å². The first-order valence-corrected chi connectivity index (χ1v) is 10.1. The topological polar surface area (TPSA) is 63.1 Å². The Morgan fingerprint density at radius 3 is 2.52 bits per heavy atom. The molecule has 27 heavy (non-hydrogen) atoms. The maximum absolute atomic E-state index is 12.8. The molecule has 2 heterocycles. The number of piperidine rings is 1. The van der Waals surface area contributed by atoms with Crippen LogP contribution in [0.4, 0.5) is 4.79 Å². The summed E-state index contributed by atoms with van der Waals surface area (Å²) in [7, 11) is 1.99. The highest BCUT2D eigenvalue weighted by molar-refractivity contribution is 5.74. The molecule has 1 saturated heterocycles. The predicted octanol–water partition coefficient (Wildman–Crippen LogP) is 3.22. The molecule has 2 aliphatic rings. The summed E-state index contributed by atoms with van der Waals surface area (Å²) in [6, 6.07) is 10.8. The summed E-state index contributed by atoms with van der Waals surface area (Å²) >= 11 is 0. The van der Waals surface area contributed by atoms with E-state index in [9.17, 15) is 4.79 Å². The number of hydrogen-bond donors (Lipinski definition) is 1. The maximum Gasteiger partial charge on any atom is 0.317 e. The number of hydrogen-bond acceptors (Lipinski definition) is 3. The molecule has 0 bridgehead atoms. The monoisotopic (exact) mass is 367 g/mol. The Labute approximate surface area is 161 Å². The van der Waals surface area contributed by atoms with Crippen LogP contribution in [0.2, 0.25) is 0 Å². The van der Waals surface area contributed by atoms with Crippen LogP contribution < -0.4 is 5.32 Å². The van der Waals surface area contributed by atoms with Gasteiger partial charge in [-0.3, -0.25) is 0 Å². The molecule has 144 valence electrons. The van der Waals surface area contributed by atoms with E-state index in [1.807, 2.05) is 16.5 Å². The number of urea groups is 1. The Morgan fingerprint density at radius 2 is 1.89 bits per heavy atom. The Balaban J connectivity index is 1.34. The van der Waals surface area contributed by atoms with Gasteiger partial charge in [-0.2, -0.15) is 0 Å². The highest BCUT2D eigenvalue weighted by atomic mass is 16.2. The fourth-order valence-corrected chi connectivity index (χ4v) is 4.77. The molecule has 1 aliphatic heterocycles. The average Bonchev–Trinajstić information content (AvgIpc) is 3.37. The van der Waals surface area contributed by atoms with Crippen LogP contribution in [0.5, 0.6) is 0 Å². The van der Waals surface area contributed by atoms with Gasteiger partial charge in [-0.05, 0) is 31.2 Å². The number of aromatic nitrogens is 3. The van der Waals surface area contributed by atoms with E-state index in [1.165, 1.54) is 18.4 Å². The van der Waals surface area contributed by atoms with Crippen LogP contribution in [0.1, 0.15) is 55.8 Å². The number of aryl methyl sites for hydroxylation is 1. The summed E-state index contributed by atoms with van der Waals surface area (Å²) in [6.07, 6.45) is 8.45. The van der Waals surface area contributed by atoms with Gasteiger partial charge < -0.3 is 14.8 Å². The average molecular weight is 367 g/mol. The van der Waals surface area contributed by atoms with Crippen molar-refractivity contribution in [3.8, 4) is 0 Å². The quantitative estimate of drug-likeness (QED) is 0.902. The normalized spacial score (nSPS) is 20.0. The summed E-state index contributed by atoms with van der Waals surface area (Å²) in [5.74, 6) is 1.43. The fraction of sp³-hybridized carbons (Fsp3) is 0.571. The molecule has 2 aromatic rings. The van der Waals surface area contributed by atoms with Crippen LogP contribution in [0.3, 0.4) is 0 Å². The minimum Gasteiger partial charge on any atom is -0.337 e. The zero-order chi connectivity index (χ0) is 18.7. The molecule has 1 aromatic carbocycles. The van der Waals surface area contributed by atoms with Crippen LogP contribution in [0.15, 0.2) is 36.7 Å². The molecule has 1 N–H and O–H groups in total. The van der Waals surface area contributed by atoms with Gasteiger partial charge in [-0.25, -0.2) is 4.79 Å². The molecular formula is C21H29N5O. The number of carbonyl (C=O) groups excluding carboxylic acids is 1. The number of amides is 2. The van der Waals surface area contributed by atoms with Gasteiger partial charge in [0.15, 0.2) is 0 Å². The molecular weight excluding hydrogens is 338 g/mol. The van der Waals surface area contributed by atoms with Crippen LogP contribution in [0.25, 0.3) is 0 Å². The summed E-state index contributed by atoms with van der Waals surface area (Å²) in [5.41, 5.74) is 1.47. The van der Waals surface area contributed by atoms with Crippen LogP contribution >= 0.6 is 0 Å². The summed E-state index contributed by atoms with van der Waals surface area (Å²) in [4.78, 5) is 14.7. The largest absolute Gasteiger partial charge is 0.337 e. The van der Waals surface area contributed by atoms with Gasteiger partial charge in [0, 0.05) is 38.0 Å². The Hall–Kier alpha value is -2.37. The molecule has 1 saturated carbocycles. The second kappa shape index (κ2) is 7.71. The van der Waals surface area contributed by atoms with E-state index >= 15 is 0 Å². The number of nitrogens with one attached hydrogen (secondary N) is 1. The fourth-order valence-electron chi connectivity index (χ4n) is 4.77. The lowest BCUT2D eigenvalue weighted by Gasteiger charge is -2.34. The van der Waals surface area contributed by atoms with E-state index < -0.39 is 0 Å². The predicted molar refractivity (Wildman–Crippen MR) is 105 cm³/mol. The summed E-state index contributed by atoms with van der Waals surface area (Å²) < 4.78 is 1.99. The van der Waals surface area contributed by atoms with Crippen molar-refractivity contribution in [2.45, 2.75) is 49.9 Å². The summed E-state index contributed by atoms with van der Waals surface area (Å²) in [5, 5.41) is 11.5. The number of nitrogens with zero attached hydrogens (tertiary/aromatic N) is 4. The van der Waals surface area contributed by atoms with Crippen molar-refractivity contribution >= 4 is 6.03 Å². The second-order valence-electron chi connectivity index (χ2n) is 8.07. The molecule has 0 atom stereocenters. The van der Waals surface area contributed by atoms with Gasteiger partial charge in [-0.1, -0.05) is 43.2 Å². The third kappa shape index (κ3) is 3.70. The Bertz CT molecular complexity index is 758. The van der Waals surface area contributed by atoms with E-state index in [0.717, 1.165) is 51.1 Å². The van der Waals surface area contributed by atoms with E-state index in [4.69, 9.17) is 0 Å². The summed E-state index contributed by atoms with van der Waals surface area (Å²) in [6.45, 7) is 2.29. The Kier molecular flexibility index (Phi) is 5.14. The van der Waals surface area contributed by atoms with Gasteiger partial charge in [-0.15, -0.1) is 10.2 Å². The molecule has 2 amide bonds. The first kappa shape index (κ1) is 18.0. The zero-order valence-corrected chi connectivity index (χ0v) is 16.1. The zero-order valence-electron chi connectivity index (χ0n) is 16.1. The van der Waals surface area contributed by atoms with E-state index in [1.54, 1.807) is 6.33 Å². The lowest BCUT2D eigenvalue weighted by atomic mass is 9.79. The van der Waals surface area contributed by atoms with Crippen molar-refractivity contribution in [3.63, 3.8) is 0 Å². The van der Waals surface area contributed by atoms with Gasteiger partial charge in [0.2, 0.25) is 0 Å². The standard InChI is InChI=1S/C21H29N5O/c1-25-16-23-24-19(25)17-9-13-26(14-10-17)20(27)22-15-21(11-5-6-12-21)18-7-3-2-4-8-18/h2-4,7-8,16-17H,5-6,9-15H2,1H3,(H,22,27). The van der Waals surface area contributed by atoms with Crippen molar-refractivity contribution in [3.05, 3.63) is 48.0 Å². The molecule has 1 aliphatic carbocycles. The van der Waals surface area contributed by atoms with E-state index in [2.05, 4.69) is 45.8 Å². The highest BCUT2D eigenvalue weighted by Crippen LogP contribution is 2.40. The van der Waals surface area contributed by atoms with Crippen LogP contribution in [-0.4, -0.2) is 45.3 Å². The number of likely N-dealkylation sites (tertiary alicyclic amines) is 1. The lowest BCUT2D eigenvalue weighted by molar-refractivity contribution is 0.177. The van der Waals surface area contributed by atoms with Crippen LogP contribution in [0, 0.1) is 0 Å². The molecule has 0 spiro atoms. The molecule has 2 fully saturated rings. The molecule has 6 heteroatoms. The van der Waals surface area contributed by atoms with Crippen molar-refractivity contribution in [1.29, 1.82) is 0 Å². The van der Waals surface area contributed by atoms with Crippen molar-refractivity contribution in [2.75, 3.05) is 19.6 Å². The van der Waals surface area contributed by atoms with Gasteiger partial charge in [0.1, 0.15) is 12.2 Å². The number of carbonyl (C=O) groups is 1. The minimum absolute atomic E-state index is 0.0774. The lowest BCUT2D eigenvalue weighted by Crippen LogP contribution is -2.48. The third-order valence-corrected chi connectivity index (χ3v) is 6.42. The van der Waals surface area contributed by atoms with E-state index in [-0.39, 0.29) is 11.4 Å². The Morgan fingerprint density at radius 1 is 1.19 bits per heavy atom. The molecule has 4 rings (SSSR count). The first-order chi connectivity index (χ1) is 13.2.